The van der Waals surface area contributed by atoms with Gasteiger partial charge in [0, 0.05) is 12.1 Å². The lowest BCUT2D eigenvalue weighted by Gasteiger charge is -1.76. The molecule has 0 aliphatic carbocycles. The molecule has 0 atom stereocenters. The summed E-state index contributed by atoms with van der Waals surface area (Å²) in [5, 5.41) is 0. The molecule has 2 N–H and O–H groups in total. The summed E-state index contributed by atoms with van der Waals surface area (Å²) in [6.45, 7) is 1.64. The van der Waals surface area contributed by atoms with E-state index >= 15 is 0 Å². The molecule has 1 aromatic rings. The Morgan fingerprint density at radius 2 is 2.33 bits per heavy atom. The van der Waals surface area contributed by atoms with Crippen LogP contribution in [0, 0.1) is 0 Å². The van der Waals surface area contributed by atoms with Crippen LogP contribution in [0.4, 0.5) is 0 Å². The number of hydrogen-bond acceptors (Lipinski definition) is 0. The summed E-state index contributed by atoms with van der Waals surface area (Å²) in [5.74, 6) is 0.315. The zero-order valence-corrected chi connectivity index (χ0v) is 5.26. The normalized spacial score (nSPS) is 9.00. The fourth-order valence-corrected chi connectivity index (χ4v) is 0.618. The van der Waals surface area contributed by atoms with E-state index in [-0.39, 0.29) is 0 Å². The van der Waals surface area contributed by atoms with Crippen LogP contribution in [0.3, 0.4) is 0 Å². The van der Waals surface area contributed by atoms with Gasteiger partial charge in [0.25, 0.3) is 0 Å². The average molecular weight is 123 g/mol. The van der Waals surface area contributed by atoms with Crippen LogP contribution in [0.1, 0.15) is 12.6 Å². The van der Waals surface area contributed by atoms with Crippen molar-refractivity contribution < 1.29 is 9.78 Å². The third-order valence-electron chi connectivity index (χ3n) is 1.10. The van der Waals surface area contributed by atoms with E-state index in [0.29, 0.717) is 5.78 Å². The van der Waals surface area contributed by atoms with Crippen LogP contribution in [0.15, 0.2) is 24.4 Å². The molecule has 0 unspecified atom stereocenters. The maximum Gasteiger partial charge on any atom is 0.383 e. The van der Waals surface area contributed by atoms with Gasteiger partial charge in [-0.25, -0.2) is 4.98 Å². The Morgan fingerprint density at radius 3 is 2.67 bits per heavy atom. The van der Waals surface area contributed by atoms with Crippen molar-refractivity contribution in [2.24, 2.45) is 0 Å². The van der Waals surface area contributed by atoms with Crippen molar-refractivity contribution in [3.63, 3.8) is 0 Å². The monoisotopic (exact) mass is 123 g/mol. The molecule has 1 aromatic heterocycles. The molecule has 0 fully saturated rings. The molecule has 1 rings (SSSR count). The zero-order chi connectivity index (χ0) is 6.69. The first kappa shape index (κ1) is 5.95. The standard InChI is InChI=1S/C7H7NO/c1-6(9)7-4-2-3-5-8-7/h2-5H,1H3/p+2. The van der Waals surface area contributed by atoms with E-state index in [1.54, 1.807) is 13.1 Å². The minimum atomic E-state index is 0.315. The molecule has 0 spiro atoms. The second-order valence-corrected chi connectivity index (χ2v) is 1.86. The van der Waals surface area contributed by atoms with Crippen LogP contribution in [-0.2, 0) is 0 Å². The smallest absolute Gasteiger partial charge is 0.272 e. The lowest BCUT2D eigenvalue weighted by atomic mass is 10.3. The summed E-state index contributed by atoms with van der Waals surface area (Å²) in [7, 11) is 0. The molecule has 46 valence electrons. The minimum absolute atomic E-state index is 0.315. The maximum atomic E-state index is 8.91. The number of hydrogen-bond donors (Lipinski definition) is 0. The molecule has 0 saturated heterocycles. The van der Waals surface area contributed by atoms with Gasteiger partial charge in [0.1, 0.15) is 0 Å². The summed E-state index contributed by atoms with van der Waals surface area (Å²) in [5.41, 5.74) is 0.762. The second-order valence-electron chi connectivity index (χ2n) is 1.86. The number of aromatic nitrogens is 1. The number of ketones is 1. The Hall–Kier alpha value is -1.18. The highest BCUT2D eigenvalue weighted by Crippen LogP contribution is 1.86. The first-order valence-electron chi connectivity index (χ1n) is 2.80. The Morgan fingerprint density at radius 1 is 1.56 bits per heavy atom. The Bertz CT molecular complexity index is 205. The van der Waals surface area contributed by atoms with Crippen molar-refractivity contribution in [1.82, 2.24) is 0 Å². The second kappa shape index (κ2) is 2.40. The van der Waals surface area contributed by atoms with Gasteiger partial charge >= 0.3 is 11.5 Å². The fraction of sp³-hybridized carbons (Fsp3) is 0.143. The van der Waals surface area contributed by atoms with Crippen molar-refractivity contribution >= 4 is 5.78 Å². The molecule has 2 nitrogen and oxygen atoms in total. The number of carbonyl (C=O) groups excluding carboxylic acids is 1. The van der Waals surface area contributed by atoms with Crippen molar-refractivity contribution in [3.05, 3.63) is 30.1 Å². The first-order valence-corrected chi connectivity index (χ1v) is 2.80. The molecule has 0 amide bonds. The van der Waals surface area contributed by atoms with Gasteiger partial charge in [0.15, 0.2) is 6.20 Å². The molecule has 0 aromatic carbocycles. The van der Waals surface area contributed by atoms with Crippen LogP contribution in [0.2, 0.25) is 0 Å². The molecule has 0 radical (unpaired) electrons. The molecule has 0 aliphatic rings. The van der Waals surface area contributed by atoms with Gasteiger partial charge in [-0.3, -0.25) is 4.79 Å². The third kappa shape index (κ3) is 1.35. The van der Waals surface area contributed by atoms with E-state index in [0.717, 1.165) is 5.69 Å². The van der Waals surface area contributed by atoms with Crippen LogP contribution in [-0.4, -0.2) is 10.6 Å². The van der Waals surface area contributed by atoms with E-state index in [1.807, 2.05) is 18.2 Å². The molecule has 1 heterocycles. The quantitative estimate of drug-likeness (QED) is 0.383. The molecule has 0 bridgehead atoms. The molecule has 0 aliphatic heterocycles. The Labute approximate surface area is 53.5 Å². The predicted octanol–water partition coefficient (Wildman–Crippen LogP) is 0.414. The molecule has 2 heteroatoms. The van der Waals surface area contributed by atoms with E-state index in [1.165, 1.54) is 0 Å². The molecular formula is C7H9NO+2. The highest BCUT2D eigenvalue weighted by atomic mass is 16.1. The number of pyridine rings is 1. The van der Waals surface area contributed by atoms with Crippen LogP contribution < -0.4 is 4.98 Å². The van der Waals surface area contributed by atoms with Gasteiger partial charge in [-0.15, -0.1) is 0 Å². The summed E-state index contributed by atoms with van der Waals surface area (Å²) in [6, 6.07) is 5.55. The van der Waals surface area contributed by atoms with Gasteiger partial charge < -0.3 is 0 Å². The minimum Gasteiger partial charge on any atom is -0.272 e. The lowest BCUT2D eigenvalue weighted by molar-refractivity contribution is -0.380. The summed E-state index contributed by atoms with van der Waals surface area (Å²) in [4.78, 5) is 11.8. The van der Waals surface area contributed by atoms with Crippen LogP contribution in [0.25, 0.3) is 0 Å². The molecule has 9 heavy (non-hydrogen) atoms. The van der Waals surface area contributed by atoms with E-state index < -0.39 is 0 Å². The number of nitrogens with one attached hydrogen (secondary N) is 1. The predicted molar refractivity (Wildman–Crippen MR) is 34.7 cm³/mol. The summed E-state index contributed by atoms with van der Waals surface area (Å²) in [6.07, 6.45) is 1.77. The highest BCUT2D eigenvalue weighted by molar-refractivity contribution is 5.91. The number of aromatic amines is 1. The Kier molecular flexibility index (Phi) is 1.58. The number of rotatable bonds is 1. The topological polar surface area (TPSA) is 35.5 Å². The van der Waals surface area contributed by atoms with Crippen LogP contribution in [0.5, 0.6) is 0 Å². The maximum absolute atomic E-state index is 8.91. The fourth-order valence-electron chi connectivity index (χ4n) is 0.618. The first-order chi connectivity index (χ1) is 4.30. The van der Waals surface area contributed by atoms with Gasteiger partial charge in [-0.1, -0.05) is 0 Å². The van der Waals surface area contributed by atoms with Gasteiger partial charge in [0.05, 0.1) is 6.92 Å². The largest absolute Gasteiger partial charge is 0.383 e. The van der Waals surface area contributed by atoms with E-state index in [2.05, 4.69) is 4.98 Å². The highest BCUT2D eigenvalue weighted by Gasteiger charge is 2.09. The summed E-state index contributed by atoms with van der Waals surface area (Å²) < 4.78 is 0. The summed E-state index contributed by atoms with van der Waals surface area (Å²) >= 11 is 0. The molecule has 0 saturated carbocycles. The van der Waals surface area contributed by atoms with E-state index in [9.17, 15) is 0 Å². The lowest BCUT2D eigenvalue weighted by Crippen LogP contribution is -2.13. The van der Waals surface area contributed by atoms with Crippen molar-refractivity contribution in [2.75, 3.05) is 0 Å². The van der Waals surface area contributed by atoms with Gasteiger partial charge in [-0.05, 0) is 6.07 Å². The van der Waals surface area contributed by atoms with Crippen LogP contribution >= 0.6 is 0 Å². The van der Waals surface area contributed by atoms with Gasteiger partial charge in [-0.2, -0.15) is 0 Å². The average Bonchev–Trinajstić information content (AvgIpc) is 1.90. The van der Waals surface area contributed by atoms with E-state index in [4.69, 9.17) is 4.79 Å². The van der Waals surface area contributed by atoms with Crippen molar-refractivity contribution in [2.45, 2.75) is 6.92 Å². The van der Waals surface area contributed by atoms with Gasteiger partial charge in [0.2, 0.25) is 0 Å². The van der Waals surface area contributed by atoms with Crippen molar-refractivity contribution in [3.8, 4) is 0 Å². The molecular weight excluding hydrogens is 114 g/mol. The van der Waals surface area contributed by atoms with Crippen molar-refractivity contribution in [1.29, 1.82) is 0 Å². The third-order valence-corrected chi connectivity index (χ3v) is 1.10. The SMILES string of the molecule is CC(=[OH+])c1cccc[nH+]1. The zero-order valence-electron chi connectivity index (χ0n) is 5.26. The Balaban J connectivity index is 2.98. The number of H-pyrrole nitrogens is 1.